The van der Waals surface area contributed by atoms with Gasteiger partial charge in [-0.05, 0) is 48.5 Å². The maximum absolute atomic E-state index is 12.8. The van der Waals surface area contributed by atoms with Gasteiger partial charge in [0.1, 0.15) is 0 Å². The topological polar surface area (TPSA) is 92.3 Å². The molecule has 2 aromatic heterocycles. The highest BCUT2D eigenvalue weighted by Gasteiger charge is 2.33. The van der Waals surface area contributed by atoms with Gasteiger partial charge in [-0.15, -0.1) is 0 Å². The summed E-state index contributed by atoms with van der Waals surface area (Å²) in [5, 5.41) is 3.98. The first-order valence-electron chi connectivity index (χ1n) is 9.83. The smallest absolute Gasteiger partial charge is 0.257 e. The molecule has 1 amide bonds. The van der Waals surface area contributed by atoms with E-state index in [1.807, 2.05) is 36.4 Å². The van der Waals surface area contributed by atoms with E-state index in [0.29, 0.717) is 17.9 Å². The average molecular weight is 465 g/mol. The lowest BCUT2D eigenvalue weighted by Gasteiger charge is -2.32. The summed E-state index contributed by atoms with van der Waals surface area (Å²) in [5.41, 5.74) is 3.77. The van der Waals surface area contributed by atoms with Crippen molar-refractivity contribution in [1.82, 2.24) is 9.97 Å². The highest BCUT2D eigenvalue weighted by atomic mass is 35.5. The number of anilines is 2. The second kappa shape index (κ2) is 7.89. The number of carbonyl (C=O) groups is 1. The number of benzene rings is 2. The van der Waals surface area contributed by atoms with E-state index >= 15 is 0 Å². The fourth-order valence-electron chi connectivity index (χ4n) is 3.55. The van der Waals surface area contributed by atoms with Crippen LogP contribution in [0.5, 0.6) is 0 Å². The van der Waals surface area contributed by atoms with Gasteiger partial charge in [-0.1, -0.05) is 23.7 Å². The van der Waals surface area contributed by atoms with Crippen LogP contribution in [0.1, 0.15) is 10.4 Å². The summed E-state index contributed by atoms with van der Waals surface area (Å²) in [6.07, 6.45) is 3.46. The van der Waals surface area contributed by atoms with Gasteiger partial charge in [-0.25, -0.2) is 13.4 Å². The predicted octanol–water partition coefficient (Wildman–Crippen LogP) is 4.35. The van der Waals surface area contributed by atoms with Gasteiger partial charge in [-0.3, -0.25) is 14.1 Å². The lowest BCUT2D eigenvalue weighted by molar-refractivity contribution is 0.102. The summed E-state index contributed by atoms with van der Waals surface area (Å²) < 4.78 is 24.9. The highest BCUT2D eigenvalue weighted by Crippen LogP contribution is 2.30. The van der Waals surface area contributed by atoms with Crippen molar-refractivity contribution in [2.75, 3.05) is 21.9 Å². The van der Waals surface area contributed by atoms with Crippen LogP contribution in [0.4, 0.5) is 11.4 Å². The molecule has 0 spiro atoms. The van der Waals surface area contributed by atoms with Gasteiger partial charge >= 0.3 is 0 Å². The van der Waals surface area contributed by atoms with E-state index in [0.717, 1.165) is 22.2 Å². The molecular formula is C23H17ClN4O3S. The molecule has 2 aromatic carbocycles. The van der Waals surface area contributed by atoms with Gasteiger partial charge in [0.15, 0.2) is 0 Å². The second-order valence-electron chi connectivity index (χ2n) is 7.35. The van der Waals surface area contributed by atoms with Crippen LogP contribution in [-0.4, -0.2) is 36.6 Å². The normalized spacial score (nSPS) is 14.7. The molecule has 32 heavy (non-hydrogen) atoms. The summed E-state index contributed by atoms with van der Waals surface area (Å²) in [6.45, 7) is 0.413. The summed E-state index contributed by atoms with van der Waals surface area (Å²) in [6, 6.07) is 17.7. The summed E-state index contributed by atoms with van der Waals surface area (Å²) in [5.74, 6) is -0.269. The first-order valence-corrected chi connectivity index (χ1v) is 11.8. The summed E-state index contributed by atoms with van der Waals surface area (Å²) >= 11 is 6.29. The van der Waals surface area contributed by atoms with Crippen LogP contribution < -0.4 is 9.62 Å². The quantitative estimate of drug-likeness (QED) is 0.484. The van der Waals surface area contributed by atoms with Crippen LogP contribution in [-0.2, 0) is 10.0 Å². The molecule has 5 rings (SSSR count). The van der Waals surface area contributed by atoms with E-state index < -0.39 is 10.0 Å². The Morgan fingerprint density at radius 2 is 1.94 bits per heavy atom. The molecule has 0 radical (unpaired) electrons. The minimum atomic E-state index is -3.25. The fourth-order valence-corrected chi connectivity index (χ4v) is 4.90. The Balaban J connectivity index is 1.38. The number of pyridine rings is 2. The van der Waals surface area contributed by atoms with Crippen LogP contribution in [0, 0.1) is 0 Å². The number of rotatable bonds is 4. The Kier molecular flexibility index (Phi) is 5.03. The zero-order valence-electron chi connectivity index (χ0n) is 16.7. The van der Waals surface area contributed by atoms with Crippen molar-refractivity contribution in [3.8, 4) is 11.3 Å². The van der Waals surface area contributed by atoms with E-state index in [9.17, 15) is 13.2 Å². The Bertz CT molecular complexity index is 1470. The van der Waals surface area contributed by atoms with Crippen LogP contribution in [0.2, 0.25) is 5.02 Å². The molecule has 1 saturated heterocycles. The second-order valence-corrected chi connectivity index (χ2v) is 9.77. The van der Waals surface area contributed by atoms with Gasteiger partial charge in [0.05, 0.1) is 33.2 Å². The van der Waals surface area contributed by atoms with Gasteiger partial charge in [0, 0.05) is 35.6 Å². The molecule has 0 saturated carbocycles. The molecule has 3 heterocycles. The van der Waals surface area contributed by atoms with Crippen molar-refractivity contribution in [3.63, 3.8) is 0 Å². The number of carbonyl (C=O) groups excluding carboxylic acids is 1. The minimum Gasteiger partial charge on any atom is -0.322 e. The van der Waals surface area contributed by atoms with Gasteiger partial charge < -0.3 is 5.32 Å². The van der Waals surface area contributed by atoms with Gasteiger partial charge in [0.25, 0.3) is 5.91 Å². The van der Waals surface area contributed by atoms with Crippen molar-refractivity contribution in [2.24, 2.45) is 0 Å². The van der Waals surface area contributed by atoms with Gasteiger partial charge in [0.2, 0.25) is 10.0 Å². The average Bonchev–Trinajstić information content (AvgIpc) is 2.78. The number of halogens is 1. The largest absolute Gasteiger partial charge is 0.322 e. The fraction of sp³-hybridized carbons (Fsp3) is 0.0870. The molecular weight excluding hydrogens is 448 g/mol. The SMILES string of the molecule is O=C(Nc1cccc(-c2ccc3cnccc3n2)c1)c1ccc(N2CCS2(=O)=O)cc1Cl. The van der Waals surface area contributed by atoms with Gasteiger partial charge in [-0.2, -0.15) is 0 Å². The third kappa shape index (κ3) is 3.79. The van der Waals surface area contributed by atoms with Crippen molar-refractivity contribution < 1.29 is 13.2 Å². The minimum absolute atomic E-state index is 0.117. The van der Waals surface area contributed by atoms with E-state index in [2.05, 4.69) is 15.3 Å². The molecule has 9 heteroatoms. The predicted molar refractivity (Wildman–Crippen MR) is 126 cm³/mol. The molecule has 4 aromatic rings. The first kappa shape index (κ1) is 20.4. The lowest BCUT2D eigenvalue weighted by Crippen LogP contribution is -2.47. The van der Waals surface area contributed by atoms with Crippen molar-refractivity contribution in [2.45, 2.75) is 0 Å². The molecule has 7 nitrogen and oxygen atoms in total. The number of fused-ring (bicyclic) bond motifs is 1. The number of amides is 1. The third-order valence-electron chi connectivity index (χ3n) is 5.28. The molecule has 0 unspecified atom stereocenters. The Hall–Kier alpha value is -3.49. The van der Waals surface area contributed by atoms with E-state index in [-0.39, 0.29) is 22.2 Å². The maximum Gasteiger partial charge on any atom is 0.257 e. The number of aromatic nitrogens is 2. The molecule has 0 atom stereocenters. The molecule has 160 valence electrons. The number of sulfonamides is 1. The number of hydrogen-bond donors (Lipinski definition) is 1. The van der Waals surface area contributed by atoms with E-state index in [1.54, 1.807) is 24.5 Å². The maximum atomic E-state index is 12.8. The molecule has 0 aliphatic carbocycles. The highest BCUT2D eigenvalue weighted by molar-refractivity contribution is 7.94. The Labute approximate surface area is 189 Å². The zero-order chi connectivity index (χ0) is 22.3. The van der Waals surface area contributed by atoms with Crippen molar-refractivity contribution in [1.29, 1.82) is 0 Å². The molecule has 1 N–H and O–H groups in total. The van der Waals surface area contributed by atoms with Crippen LogP contribution in [0.15, 0.2) is 73.1 Å². The summed E-state index contributed by atoms with van der Waals surface area (Å²) in [7, 11) is -3.25. The van der Waals surface area contributed by atoms with Crippen molar-refractivity contribution >= 4 is 49.8 Å². The molecule has 0 bridgehead atoms. The monoisotopic (exact) mass is 464 g/mol. The van der Waals surface area contributed by atoms with E-state index in [1.165, 1.54) is 16.4 Å². The number of nitrogens with zero attached hydrogens (tertiary/aromatic N) is 3. The molecule has 1 aliphatic rings. The number of nitrogens with one attached hydrogen (secondary N) is 1. The van der Waals surface area contributed by atoms with Crippen molar-refractivity contribution in [3.05, 3.63) is 83.6 Å². The Morgan fingerprint density at radius 1 is 1.06 bits per heavy atom. The molecule has 1 fully saturated rings. The molecule has 1 aliphatic heterocycles. The Morgan fingerprint density at radius 3 is 2.69 bits per heavy atom. The van der Waals surface area contributed by atoms with E-state index in [4.69, 9.17) is 11.6 Å². The first-order chi connectivity index (χ1) is 15.4. The van der Waals surface area contributed by atoms with Crippen LogP contribution in [0.25, 0.3) is 22.2 Å². The standard InChI is InChI=1S/C23H17ClN4O3S/c24-20-13-18(28-10-11-32(28,30)31)5-6-19(20)23(29)26-17-3-1-2-15(12-17)21-7-4-16-14-25-9-8-22(16)27-21/h1-9,12-14H,10-11H2,(H,26,29). The lowest BCUT2D eigenvalue weighted by atomic mass is 10.1. The summed E-state index contributed by atoms with van der Waals surface area (Å²) in [4.78, 5) is 21.6. The zero-order valence-corrected chi connectivity index (χ0v) is 18.3. The van der Waals surface area contributed by atoms with Crippen LogP contribution in [0.3, 0.4) is 0 Å². The third-order valence-corrected chi connectivity index (χ3v) is 7.36. The van der Waals surface area contributed by atoms with Crippen LogP contribution >= 0.6 is 11.6 Å². The number of hydrogen-bond acceptors (Lipinski definition) is 5.